The van der Waals surface area contributed by atoms with Crippen LogP contribution in [0.5, 0.6) is 0 Å². The summed E-state index contributed by atoms with van der Waals surface area (Å²) in [6, 6.07) is 19.0. The molecule has 1 heterocycles. The summed E-state index contributed by atoms with van der Waals surface area (Å²) in [7, 11) is 0. The number of nitrogens with one attached hydrogen (secondary N) is 1. The second kappa shape index (κ2) is 9.46. The maximum Gasteiger partial charge on any atom is 0.226 e. The largest absolute Gasteiger partial charge is 0.355 e. The lowest BCUT2D eigenvalue weighted by molar-refractivity contribution is -0.140. The summed E-state index contributed by atoms with van der Waals surface area (Å²) in [5.41, 5.74) is 3.73. The van der Waals surface area contributed by atoms with E-state index in [4.69, 9.17) is 0 Å². The van der Waals surface area contributed by atoms with Gasteiger partial charge < -0.3 is 10.2 Å². The molecule has 2 aromatic carbocycles. The predicted molar refractivity (Wildman–Crippen MR) is 119 cm³/mol. The van der Waals surface area contributed by atoms with Gasteiger partial charge in [-0.05, 0) is 55.2 Å². The SMILES string of the molecule is CCc1ccc([C@@H]2CC[C@H](C(=O)NCCc3ccccc3)CN2C(=O)C2CC2)cc1. The Morgan fingerprint density at radius 3 is 2.27 bits per heavy atom. The van der Waals surface area contributed by atoms with Gasteiger partial charge in [-0.25, -0.2) is 0 Å². The Labute approximate surface area is 179 Å². The molecule has 2 aromatic rings. The molecule has 0 radical (unpaired) electrons. The molecule has 2 atom stereocenters. The molecule has 1 saturated heterocycles. The van der Waals surface area contributed by atoms with Crippen LogP contribution in [0.25, 0.3) is 0 Å². The van der Waals surface area contributed by atoms with Crippen molar-refractivity contribution in [3.8, 4) is 0 Å². The average Bonchev–Trinajstić information content (AvgIpc) is 3.64. The summed E-state index contributed by atoms with van der Waals surface area (Å²) in [6.07, 6.45) is 5.50. The van der Waals surface area contributed by atoms with Crippen LogP contribution < -0.4 is 5.32 Å². The molecular formula is C26H32N2O2. The Kier molecular flexibility index (Phi) is 6.51. The van der Waals surface area contributed by atoms with Crippen molar-refractivity contribution in [1.82, 2.24) is 10.2 Å². The highest BCUT2D eigenvalue weighted by atomic mass is 16.2. The van der Waals surface area contributed by atoms with Gasteiger partial charge in [-0.1, -0.05) is 61.5 Å². The van der Waals surface area contributed by atoms with E-state index in [9.17, 15) is 9.59 Å². The third kappa shape index (κ3) is 4.92. The van der Waals surface area contributed by atoms with Gasteiger partial charge >= 0.3 is 0 Å². The first kappa shape index (κ1) is 20.6. The number of hydrogen-bond donors (Lipinski definition) is 1. The summed E-state index contributed by atoms with van der Waals surface area (Å²) < 4.78 is 0. The number of hydrogen-bond acceptors (Lipinski definition) is 2. The van der Waals surface area contributed by atoms with Crippen LogP contribution in [0.3, 0.4) is 0 Å². The smallest absolute Gasteiger partial charge is 0.226 e. The van der Waals surface area contributed by atoms with Crippen LogP contribution >= 0.6 is 0 Å². The van der Waals surface area contributed by atoms with Crippen molar-refractivity contribution >= 4 is 11.8 Å². The van der Waals surface area contributed by atoms with E-state index in [2.05, 4.69) is 48.6 Å². The van der Waals surface area contributed by atoms with Crippen molar-refractivity contribution < 1.29 is 9.59 Å². The lowest BCUT2D eigenvalue weighted by Gasteiger charge is -2.40. The van der Waals surface area contributed by atoms with E-state index in [0.717, 1.165) is 38.5 Å². The first-order chi connectivity index (χ1) is 14.7. The highest BCUT2D eigenvalue weighted by Gasteiger charge is 2.41. The van der Waals surface area contributed by atoms with E-state index in [-0.39, 0.29) is 29.7 Å². The Balaban J connectivity index is 1.39. The third-order valence-electron chi connectivity index (χ3n) is 6.49. The zero-order chi connectivity index (χ0) is 20.9. The minimum Gasteiger partial charge on any atom is -0.355 e. The first-order valence-corrected chi connectivity index (χ1v) is 11.4. The average molecular weight is 405 g/mol. The standard InChI is InChI=1S/C26H32N2O2/c1-2-19-8-10-21(11-9-19)24-15-14-23(18-28(24)26(30)22-12-13-22)25(29)27-17-16-20-6-4-3-5-7-20/h3-11,22-24H,2,12-18H2,1H3,(H,27,29)/t23-,24-/m0/s1. The summed E-state index contributed by atoms with van der Waals surface area (Å²) >= 11 is 0. The van der Waals surface area contributed by atoms with Crippen LogP contribution in [0.4, 0.5) is 0 Å². The molecule has 1 aliphatic carbocycles. The van der Waals surface area contributed by atoms with E-state index in [1.165, 1.54) is 16.7 Å². The van der Waals surface area contributed by atoms with Gasteiger partial charge in [0.15, 0.2) is 0 Å². The van der Waals surface area contributed by atoms with Gasteiger partial charge in [0.05, 0.1) is 12.0 Å². The molecule has 0 aromatic heterocycles. The van der Waals surface area contributed by atoms with Crippen molar-refractivity contribution in [2.45, 2.75) is 51.5 Å². The fourth-order valence-electron chi connectivity index (χ4n) is 4.43. The molecule has 0 spiro atoms. The van der Waals surface area contributed by atoms with E-state index >= 15 is 0 Å². The Morgan fingerprint density at radius 2 is 1.60 bits per heavy atom. The van der Waals surface area contributed by atoms with Crippen LogP contribution in [0.2, 0.25) is 0 Å². The fourth-order valence-corrected chi connectivity index (χ4v) is 4.43. The zero-order valence-electron chi connectivity index (χ0n) is 17.8. The summed E-state index contributed by atoms with van der Waals surface area (Å²) in [4.78, 5) is 27.9. The molecule has 158 valence electrons. The maximum atomic E-state index is 13.0. The van der Waals surface area contributed by atoms with Gasteiger partial charge in [-0.2, -0.15) is 0 Å². The number of benzene rings is 2. The van der Waals surface area contributed by atoms with Crippen molar-refractivity contribution in [3.63, 3.8) is 0 Å². The summed E-state index contributed by atoms with van der Waals surface area (Å²) in [5, 5.41) is 3.10. The van der Waals surface area contributed by atoms with Gasteiger partial charge in [0, 0.05) is 19.0 Å². The molecule has 2 aliphatic rings. The molecule has 2 amide bonds. The van der Waals surface area contributed by atoms with Crippen LogP contribution in [0.1, 0.15) is 55.3 Å². The lowest BCUT2D eigenvalue weighted by atomic mass is 9.87. The zero-order valence-corrected chi connectivity index (χ0v) is 17.8. The Morgan fingerprint density at radius 1 is 0.900 bits per heavy atom. The molecule has 30 heavy (non-hydrogen) atoms. The molecule has 4 heteroatoms. The van der Waals surface area contributed by atoms with E-state index < -0.39 is 0 Å². The number of nitrogens with zero attached hydrogens (tertiary/aromatic N) is 1. The summed E-state index contributed by atoms with van der Waals surface area (Å²) in [5.74, 6) is 0.373. The van der Waals surface area contributed by atoms with E-state index in [1.54, 1.807) is 0 Å². The van der Waals surface area contributed by atoms with Gasteiger partial charge in [-0.15, -0.1) is 0 Å². The van der Waals surface area contributed by atoms with Gasteiger partial charge in [-0.3, -0.25) is 9.59 Å². The number of carbonyl (C=O) groups is 2. The maximum absolute atomic E-state index is 13.0. The number of rotatable bonds is 7. The monoisotopic (exact) mass is 404 g/mol. The molecule has 4 nitrogen and oxygen atoms in total. The highest BCUT2D eigenvalue weighted by molar-refractivity contribution is 5.84. The second-order valence-electron chi connectivity index (χ2n) is 8.68. The quantitative estimate of drug-likeness (QED) is 0.748. The molecule has 1 saturated carbocycles. The Bertz CT molecular complexity index is 858. The summed E-state index contributed by atoms with van der Waals surface area (Å²) in [6.45, 7) is 3.32. The van der Waals surface area contributed by atoms with Crippen LogP contribution in [0, 0.1) is 11.8 Å². The van der Waals surface area contributed by atoms with Gasteiger partial charge in [0.1, 0.15) is 0 Å². The van der Waals surface area contributed by atoms with E-state index in [1.807, 2.05) is 23.1 Å². The number of piperidine rings is 1. The molecule has 0 unspecified atom stereocenters. The van der Waals surface area contributed by atoms with Gasteiger partial charge in [0.2, 0.25) is 11.8 Å². The van der Waals surface area contributed by atoms with Crippen molar-refractivity contribution in [2.24, 2.45) is 11.8 Å². The molecule has 1 aliphatic heterocycles. The van der Waals surface area contributed by atoms with Crippen LogP contribution in [-0.2, 0) is 22.4 Å². The second-order valence-corrected chi connectivity index (χ2v) is 8.68. The number of carbonyl (C=O) groups excluding carboxylic acids is 2. The lowest BCUT2D eigenvalue weighted by Crippen LogP contribution is -2.47. The van der Waals surface area contributed by atoms with E-state index in [0.29, 0.717) is 13.1 Å². The van der Waals surface area contributed by atoms with Crippen LogP contribution in [0.15, 0.2) is 54.6 Å². The normalized spacial score (nSPS) is 21.3. The van der Waals surface area contributed by atoms with Gasteiger partial charge in [0.25, 0.3) is 0 Å². The molecule has 0 bridgehead atoms. The molecule has 4 rings (SSSR count). The Hall–Kier alpha value is -2.62. The van der Waals surface area contributed by atoms with Crippen molar-refractivity contribution in [1.29, 1.82) is 0 Å². The topological polar surface area (TPSA) is 49.4 Å². The number of aryl methyl sites for hydroxylation is 1. The predicted octanol–water partition coefficient (Wildman–Crippen LogP) is 4.30. The molecule has 2 fully saturated rings. The van der Waals surface area contributed by atoms with Crippen LogP contribution in [-0.4, -0.2) is 29.8 Å². The minimum atomic E-state index is -0.116. The first-order valence-electron chi connectivity index (χ1n) is 11.4. The van der Waals surface area contributed by atoms with Crippen molar-refractivity contribution in [2.75, 3.05) is 13.1 Å². The highest BCUT2D eigenvalue weighted by Crippen LogP contribution is 2.39. The minimum absolute atomic E-state index is 0.0827. The molecule has 1 N–H and O–H groups in total. The number of amides is 2. The number of likely N-dealkylation sites (tertiary alicyclic amines) is 1. The fraction of sp³-hybridized carbons (Fsp3) is 0.462. The van der Waals surface area contributed by atoms with Crippen molar-refractivity contribution in [3.05, 3.63) is 71.3 Å². The third-order valence-corrected chi connectivity index (χ3v) is 6.49. The molecular weight excluding hydrogens is 372 g/mol.